The Labute approximate surface area is 129 Å². The van der Waals surface area contributed by atoms with Crippen molar-refractivity contribution in [3.63, 3.8) is 0 Å². The van der Waals surface area contributed by atoms with Crippen molar-refractivity contribution in [1.29, 1.82) is 0 Å². The van der Waals surface area contributed by atoms with Gasteiger partial charge in [-0.05, 0) is 40.5 Å². The summed E-state index contributed by atoms with van der Waals surface area (Å²) >= 11 is 9.28. The molecule has 1 heterocycles. The molecule has 2 N–H and O–H groups in total. The Balaban J connectivity index is 2.23. The van der Waals surface area contributed by atoms with Crippen LogP contribution in [0.25, 0.3) is 0 Å². The lowest BCUT2D eigenvalue weighted by Crippen LogP contribution is -2.34. The topological polar surface area (TPSA) is 69.6 Å². The van der Waals surface area contributed by atoms with Gasteiger partial charge in [-0.25, -0.2) is 0 Å². The third kappa shape index (κ3) is 2.87. The average Bonchev–Trinajstić information content (AvgIpc) is 2.64. The van der Waals surface area contributed by atoms with Crippen LogP contribution in [0.1, 0.15) is 5.56 Å². The van der Waals surface area contributed by atoms with Crippen molar-refractivity contribution in [3.05, 3.63) is 39.0 Å². The van der Waals surface area contributed by atoms with Gasteiger partial charge in [0.15, 0.2) is 0 Å². The predicted octanol–water partition coefficient (Wildman–Crippen LogP) is 2.07. The quantitative estimate of drug-likeness (QED) is 0.808. The van der Waals surface area contributed by atoms with E-state index in [-0.39, 0.29) is 18.8 Å². The van der Waals surface area contributed by atoms with Crippen molar-refractivity contribution < 1.29 is 14.7 Å². The molecule has 1 aliphatic rings. The van der Waals surface area contributed by atoms with Gasteiger partial charge in [0.25, 0.3) is 11.8 Å². The highest BCUT2D eigenvalue weighted by atomic mass is 79.9. The Morgan fingerprint density at radius 3 is 2.75 bits per heavy atom. The largest absolute Gasteiger partial charge is 0.395 e. The molecule has 2 rings (SSSR count). The zero-order chi connectivity index (χ0) is 14.9. The highest BCUT2D eigenvalue weighted by Crippen LogP contribution is 2.30. The van der Waals surface area contributed by atoms with Gasteiger partial charge in [-0.2, -0.15) is 0 Å². The number of hydrogen-bond acceptors (Lipinski definition) is 4. The molecule has 0 fully saturated rings. The second-order valence-electron chi connectivity index (χ2n) is 4.28. The van der Waals surface area contributed by atoms with Crippen LogP contribution in [-0.4, -0.2) is 35.0 Å². The molecule has 5 nitrogen and oxygen atoms in total. The van der Waals surface area contributed by atoms with E-state index in [0.717, 1.165) is 10.5 Å². The molecule has 1 aromatic carbocycles. The molecule has 2 amide bonds. The van der Waals surface area contributed by atoms with Crippen molar-refractivity contribution in [2.45, 2.75) is 6.92 Å². The average molecular weight is 360 g/mol. The second kappa shape index (κ2) is 5.95. The highest BCUT2D eigenvalue weighted by molar-refractivity contribution is 9.10. The van der Waals surface area contributed by atoms with Crippen LogP contribution in [0.15, 0.2) is 28.4 Å². The van der Waals surface area contributed by atoms with Gasteiger partial charge >= 0.3 is 0 Å². The van der Waals surface area contributed by atoms with Crippen molar-refractivity contribution >= 4 is 45.0 Å². The summed E-state index contributed by atoms with van der Waals surface area (Å²) in [6, 6.07) is 3.49. The molecule has 1 aliphatic heterocycles. The predicted molar refractivity (Wildman–Crippen MR) is 79.4 cm³/mol. The lowest BCUT2D eigenvalue weighted by atomic mass is 10.2. The number of benzene rings is 1. The van der Waals surface area contributed by atoms with Crippen LogP contribution in [0, 0.1) is 6.92 Å². The van der Waals surface area contributed by atoms with Gasteiger partial charge in [0.2, 0.25) is 0 Å². The Hall–Kier alpha value is -1.37. The number of hydrogen-bond donors (Lipinski definition) is 2. The number of aliphatic hydroxyl groups excluding tert-OH is 1. The molecule has 0 spiro atoms. The van der Waals surface area contributed by atoms with Crippen LogP contribution in [-0.2, 0) is 9.59 Å². The SMILES string of the molecule is Cc1cc(Cl)c(Br)cc1NC1=CC(=O)N(CCO)C1=O. The van der Waals surface area contributed by atoms with E-state index in [4.69, 9.17) is 16.7 Å². The molecule has 106 valence electrons. The molecule has 0 aromatic heterocycles. The van der Waals surface area contributed by atoms with E-state index < -0.39 is 11.8 Å². The van der Waals surface area contributed by atoms with Crippen molar-refractivity contribution in [1.82, 2.24) is 4.90 Å². The summed E-state index contributed by atoms with van der Waals surface area (Å²) in [4.78, 5) is 24.6. The smallest absolute Gasteiger partial charge is 0.277 e. The number of aliphatic hydroxyl groups is 1. The van der Waals surface area contributed by atoms with E-state index in [1.807, 2.05) is 6.92 Å². The maximum atomic E-state index is 12.0. The van der Waals surface area contributed by atoms with Crippen molar-refractivity contribution in [2.24, 2.45) is 0 Å². The number of halogens is 2. The fraction of sp³-hybridized carbons (Fsp3) is 0.231. The molecular formula is C13H12BrClN2O3. The van der Waals surface area contributed by atoms with Gasteiger partial charge in [-0.3, -0.25) is 14.5 Å². The molecule has 0 saturated carbocycles. The molecule has 0 bridgehead atoms. The summed E-state index contributed by atoms with van der Waals surface area (Å²) in [6.07, 6.45) is 1.22. The van der Waals surface area contributed by atoms with Crippen LogP contribution >= 0.6 is 27.5 Å². The molecule has 20 heavy (non-hydrogen) atoms. The molecular weight excluding hydrogens is 348 g/mol. The van der Waals surface area contributed by atoms with Crippen LogP contribution < -0.4 is 5.32 Å². The number of β-amino-alcohol motifs (C(OH)–C–C–N with tert-alkyl or cyclic N) is 1. The molecule has 0 aliphatic carbocycles. The van der Waals surface area contributed by atoms with E-state index in [1.54, 1.807) is 12.1 Å². The minimum Gasteiger partial charge on any atom is -0.395 e. The lowest BCUT2D eigenvalue weighted by Gasteiger charge is -2.14. The molecule has 0 atom stereocenters. The minimum atomic E-state index is -0.450. The first-order chi connectivity index (χ1) is 9.43. The van der Waals surface area contributed by atoms with E-state index in [0.29, 0.717) is 15.2 Å². The molecule has 7 heteroatoms. The van der Waals surface area contributed by atoms with Crippen LogP contribution in [0.3, 0.4) is 0 Å². The number of aryl methyl sites for hydroxylation is 1. The minimum absolute atomic E-state index is 0.0113. The van der Waals surface area contributed by atoms with Gasteiger partial charge in [0, 0.05) is 16.2 Å². The maximum Gasteiger partial charge on any atom is 0.277 e. The zero-order valence-corrected chi connectivity index (χ0v) is 13.0. The first kappa shape index (κ1) is 15.0. The van der Waals surface area contributed by atoms with E-state index >= 15 is 0 Å². The Kier molecular flexibility index (Phi) is 4.47. The summed E-state index contributed by atoms with van der Waals surface area (Å²) < 4.78 is 0.692. The fourth-order valence-corrected chi connectivity index (χ4v) is 2.40. The summed E-state index contributed by atoms with van der Waals surface area (Å²) in [5.41, 5.74) is 1.71. The fourth-order valence-electron chi connectivity index (χ4n) is 1.84. The monoisotopic (exact) mass is 358 g/mol. The van der Waals surface area contributed by atoms with Crippen molar-refractivity contribution in [2.75, 3.05) is 18.5 Å². The molecule has 0 saturated heterocycles. The summed E-state index contributed by atoms with van der Waals surface area (Å²) in [5, 5.41) is 12.3. The van der Waals surface area contributed by atoms with Gasteiger partial charge < -0.3 is 10.4 Å². The first-order valence-corrected chi connectivity index (χ1v) is 7.02. The van der Waals surface area contributed by atoms with E-state index in [9.17, 15) is 9.59 Å². The number of imide groups is 1. The van der Waals surface area contributed by atoms with Gasteiger partial charge in [-0.15, -0.1) is 0 Å². The van der Waals surface area contributed by atoms with Crippen LogP contribution in [0.5, 0.6) is 0 Å². The number of carbonyl (C=O) groups excluding carboxylic acids is 2. The normalized spacial score (nSPS) is 14.8. The standard InChI is InChI=1S/C13H12BrClN2O3/c1-7-4-9(15)8(14)5-10(7)16-11-6-12(19)17(2-3-18)13(11)20/h4-6,16,18H,2-3H2,1H3. The number of nitrogens with one attached hydrogen (secondary N) is 1. The number of nitrogens with zero attached hydrogens (tertiary/aromatic N) is 1. The zero-order valence-electron chi connectivity index (χ0n) is 10.6. The van der Waals surface area contributed by atoms with E-state index in [1.165, 1.54) is 6.08 Å². The number of rotatable bonds is 4. The van der Waals surface area contributed by atoms with Crippen molar-refractivity contribution in [3.8, 4) is 0 Å². The van der Waals surface area contributed by atoms with Gasteiger partial charge in [0.05, 0.1) is 18.2 Å². The number of amides is 2. The Morgan fingerprint density at radius 1 is 1.40 bits per heavy atom. The van der Waals surface area contributed by atoms with Gasteiger partial charge in [0.1, 0.15) is 5.70 Å². The summed E-state index contributed by atoms with van der Waals surface area (Å²) in [6.45, 7) is 1.57. The second-order valence-corrected chi connectivity index (χ2v) is 5.54. The summed E-state index contributed by atoms with van der Waals surface area (Å²) in [7, 11) is 0. The van der Waals surface area contributed by atoms with Gasteiger partial charge in [-0.1, -0.05) is 11.6 Å². The van der Waals surface area contributed by atoms with Crippen LogP contribution in [0.2, 0.25) is 5.02 Å². The molecule has 1 aromatic rings. The number of carbonyl (C=O) groups is 2. The Morgan fingerprint density at radius 2 is 2.10 bits per heavy atom. The number of anilines is 1. The van der Waals surface area contributed by atoms with E-state index in [2.05, 4.69) is 21.2 Å². The summed E-state index contributed by atoms with van der Waals surface area (Å²) in [5.74, 6) is -0.883. The maximum absolute atomic E-state index is 12.0. The molecule has 0 unspecified atom stereocenters. The molecule has 0 radical (unpaired) electrons. The Bertz CT molecular complexity index is 616. The first-order valence-electron chi connectivity index (χ1n) is 5.85. The third-order valence-corrected chi connectivity index (χ3v) is 4.07. The van der Waals surface area contributed by atoms with Crippen LogP contribution in [0.4, 0.5) is 5.69 Å². The third-order valence-electron chi connectivity index (χ3n) is 2.87. The highest BCUT2D eigenvalue weighted by Gasteiger charge is 2.30. The lowest BCUT2D eigenvalue weighted by molar-refractivity contribution is -0.137.